The molecule has 0 aliphatic carbocycles. The van der Waals surface area contributed by atoms with E-state index in [-0.39, 0.29) is 12.4 Å². The van der Waals surface area contributed by atoms with Gasteiger partial charge in [-0.1, -0.05) is 23.2 Å². The molecule has 10 heteroatoms. The van der Waals surface area contributed by atoms with E-state index in [4.69, 9.17) is 33.7 Å². The van der Waals surface area contributed by atoms with Gasteiger partial charge in [0.25, 0.3) is 5.91 Å². The lowest BCUT2D eigenvalue weighted by atomic mass is 10.3. The summed E-state index contributed by atoms with van der Waals surface area (Å²) in [4.78, 5) is 19.8. The van der Waals surface area contributed by atoms with Gasteiger partial charge in [0.05, 0.1) is 5.02 Å². The van der Waals surface area contributed by atoms with Crippen molar-refractivity contribution in [2.45, 2.75) is 6.92 Å². The van der Waals surface area contributed by atoms with Crippen molar-refractivity contribution in [2.75, 3.05) is 29.6 Å². The van der Waals surface area contributed by atoms with Crippen molar-refractivity contribution < 1.29 is 9.53 Å². The number of anilines is 3. The monoisotopic (exact) mass is 370 g/mol. The summed E-state index contributed by atoms with van der Waals surface area (Å²) in [6, 6.07) is 4.72. The van der Waals surface area contributed by atoms with Gasteiger partial charge in [-0.3, -0.25) is 15.6 Å². The first-order valence-corrected chi connectivity index (χ1v) is 7.74. The number of rotatable bonds is 7. The number of nitrogen functional groups attached to an aromatic ring is 1. The molecule has 1 amide bonds. The minimum absolute atomic E-state index is 0.251. The lowest BCUT2D eigenvalue weighted by Crippen LogP contribution is -2.34. The number of halogens is 2. The molecule has 1 aromatic carbocycles. The van der Waals surface area contributed by atoms with Crippen LogP contribution in [0.5, 0.6) is 5.75 Å². The van der Waals surface area contributed by atoms with E-state index in [9.17, 15) is 4.79 Å². The van der Waals surface area contributed by atoms with Crippen LogP contribution in [0.2, 0.25) is 10.0 Å². The van der Waals surface area contributed by atoms with Crippen molar-refractivity contribution in [3.63, 3.8) is 0 Å². The third-order valence-corrected chi connectivity index (χ3v) is 3.33. The largest absolute Gasteiger partial charge is 0.482 e. The van der Waals surface area contributed by atoms with Gasteiger partial charge in [0.1, 0.15) is 17.8 Å². The van der Waals surface area contributed by atoms with Crippen LogP contribution in [-0.4, -0.2) is 29.0 Å². The average molecular weight is 371 g/mol. The molecule has 0 radical (unpaired) electrons. The maximum absolute atomic E-state index is 11.8. The Hall–Kier alpha value is -2.45. The molecular weight excluding hydrogens is 355 g/mol. The number of amides is 1. The summed E-state index contributed by atoms with van der Waals surface area (Å²) < 4.78 is 5.32. The molecule has 8 nitrogen and oxygen atoms in total. The van der Waals surface area contributed by atoms with Gasteiger partial charge in [-0.25, -0.2) is 9.97 Å². The molecule has 0 saturated heterocycles. The lowest BCUT2D eigenvalue weighted by molar-refractivity contribution is -0.122. The molecule has 0 aliphatic rings. The molecule has 0 spiro atoms. The fraction of sp³-hybridized carbons (Fsp3) is 0.214. The van der Waals surface area contributed by atoms with E-state index in [1.165, 1.54) is 12.4 Å². The van der Waals surface area contributed by atoms with Crippen LogP contribution in [0.4, 0.5) is 17.3 Å². The summed E-state index contributed by atoms with van der Waals surface area (Å²) in [5.74, 6) is 0.670. The highest BCUT2D eigenvalue weighted by atomic mass is 35.5. The molecule has 5 N–H and O–H groups in total. The molecule has 0 aliphatic heterocycles. The SMILES string of the molecule is CCNc1ncnc(NNC(=O)COc2ccc(Cl)cc2Cl)c1N. The number of nitrogens with two attached hydrogens (primary N) is 1. The van der Waals surface area contributed by atoms with Gasteiger partial charge in [-0.05, 0) is 25.1 Å². The second kappa shape index (κ2) is 8.42. The first kappa shape index (κ1) is 17.9. The molecule has 0 bridgehead atoms. The topological polar surface area (TPSA) is 114 Å². The highest BCUT2D eigenvalue weighted by Crippen LogP contribution is 2.27. The van der Waals surface area contributed by atoms with Crippen LogP contribution in [0.1, 0.15) is 6.92 Å². The Bertz CT molecular complexity index is 728. The Balaban J connectivity index is 1.88. The molecule has 0 fully saturated rings. The van der Waals surface area contributed by atoms with E-state index in [0.717, 1.165) is 0 Å². The van der Waals surface area contributed by atoms with Crippen molar-refractivity contribution in [2.24, 2.45) is 0 Å². The second-order valence-corrected chi connectivity index (χ2v) is 5.40. The summed E-state index contributed by atoms with van der Waals surface area (Å²) in [6.45, 7) is 2.32. The van der Waals surface area contributed by atoms with Gasteiger partial charge in [0, 0.05) is 11.6 Å². The number of nitrogens with zero attached hydrogens (tertiary/aromatic N) is 2. The van der Waals surface area contributed by atoms with Gasteiger partial charge in [0.2, 0.25) is 0 Å². The molecule has 2 rings (SSSR count). The normalized spacial score (nSPS) is 10.1. The van der Waals surface area contributed by atoms with Gasteiger partial charge >= 0.3 is 0 Å². The van der Waals surface area contributed by atoms with Crippen molar-refractivity contribution in [3.8, 4) is 5.75 Å². The van der Waals surface area contributed by atoms with Crippen molar-refractivity contribution >= 4 is 46.4 Å². The number of hydrazine groups is 1. The van der Waals surface area contributed by atoms with Crippen LogP contribution >= 0.6 is 23.2 Å². The van der Waals surface area contributed by atoms with Crippen LogP contribution < -0.4 is 26.6 Å². The summed E-state index contributed by atoms with van der Waals surface area (Å²) in [5, 5.41) is 3.78. The van der Waals surface area contributed by atoms with Crippen molar-refractivity contribution in [1.82, 2.24) is 15.4 Å². The van der Waals surface area contributed by atoms with E-state index in [1.54, 1.807) is 12.1 Å². The van der Waals surface area contributed by atoms with E-state index in [0.29, 0.717) is 33.8 Å². The fourth-order valence-corrected chi connectivity index (χ4v) is 2.17. The molecule has 0 atom stereocenters. The summed E-state index contributed by atoms with van der Waals surface area (Å²) in [7, 11) is 0. The molecule has 128 valence electrons. The quantitative estimate of drug-likeness (QED) is 0.552. The van der Waals surface area contributed by atoms with Crippen molar-refractivity contribution in [3.05, 3.63) is 34.6 Å². The summed E-state index contributed by atoms with van der Waals surface area (Å²) >= 11 is 11.7. The Morgan fingerprint density at radius 2 is 2.04 bits per heavy atom. The number of ether oxygens (including phenoxy) is 1. The molecule has 0 unspecified atom stereocenters. The maximum Gasteiger partial charge on any atom is 0.276 e. The Morgan fingerprint density at radius 3 is 2.75 bits per heavy atom. The second-order valence-electron chi connectivity index (χ2n) is 4.55. The first-order valence-electron chi connectivity index (χ1n) is 6.98. The fourth-order valence-electron chi connectivity index (χ4n) is 1.70. The maximum atomic E-state index is 11.8. The number of nitrogens with one attached hydrogen (secondary N) is 3. The third-order valence-electron chi connectivity index (χ3n) is 2.80. The van der Waals surface area contributed by atoms with Crippen LogP contribution in [0.3, 0.4) is 0 Å². The van der Waals surface area contributed by atoms with Crippen LogP contribution in [0.25, 0.3) is 0 Å². The van der Waals surface area contributed by atoms with Gasteiger partial charge in [-0.2, -0.15) is 0 Å². The Labute approximate surface area is 148 Å². The van der Waals surface area contributed by atoms with Crippen LogP contribution in [0.15, 0.2) is 24.5 Å². The Morgan fingerprint density at radius 1 is 1.29 bits per heavy atom. The number of carbonyl (C=O) groups is 1. The smallest absolute Gasteiger partial charge is 0.276 e. The lowest BCUT2D eigenvalue weighted by Gasteiger charge is -2.13. The highest BCUT2D eigenvalue weighted by molar-refractivity contribution is 6.35. The molecule has 1 heterocycles. The predicted octanol–water partition coefficient (Wildman–Crippen LogP) is 2.32. The van der Waals surface area contributed by atoms with Crippen molar-refractivity contribution in [1.29, 1.82) is 0 Å². The molecule has 2 aromatic rings. The van der Waals surface area contributed by atoms with Gasteiger partial charge in [0.15, 0.2) is 18.2 Å². The molecule has 0 saturated carbocycles. The number of aromatic nitrogens is 2. The zero-order valence-electron chi connectivity index (χ0n) is 12.8. The highest BCUT2D eigenvalue weighted by Gasteiger charge is 2.10. The van der Waals surface area contributed by atoms with E-state index in [2.05, 4.69) is 26.1 Å². The molecule has 24 heavy (non-hydrogen) atoms. The number of hydrogen-bond acceptors (Lipinski definition) is 7. The first-order chi connectivity index (χ1) is 11.5. The van der Waals surface area contributed by atoms with Gasteiger partial charge in [-0.15, -0.1) is 0 Å². The average Bonchev–Trinajstić information content (AvgIpc) is 2.55. The van der Waals surface area contributed by atoms with Crippen LogP contribution in [0, 0.1) is 0 Å². The van der Waals surface area contributed by atoms with E-state index in [1.807, 2.05) is 6.92 Å². The summed E-state index contributed by atoms with van der Waals surface area (Å²) in [5.41, 5.74) is 11.2. The molecule has 1 aromatic heterocycles. The van der Waals surface area contributed by atoms with E-state index >= 15 is 0 Å². The van der Waals surface area contributed by atoms with Crippen LogP contribution in [-0.2, 0) is 4.79 Å². The minimum Gasteiger partial charge on any atom is -0.482 e. The zero-order chi connectivity index (χ0) is 17.5. The standard InChI is InChI=1S/C14H16Cl2N6O2/c1-2-18-13-12(17)14(20-7-19-13)22-21-11(23)6-24-10-4-3-8(15)5-9(10)16/h3-5,7H,2,6,17H2,1H3,(H,21,23)(H2,18,19,20,22). The number of carbonyl (C=O) groups excluding carboxylic acids is 1. The number of hydrogen-bond donors (Lipinski definition) is 4. The summed E-state index contributed by atoms with van der Waals surface area (Å²) in [6.07, 6.45) is 1.33. The van der Waals surface area contributed by atoms with E-state index < -0.39 is 5.91 Å². The zero-order valence-corrected chi connectivity index (χ0v) is 14.3. The third kappa shape index (κ3) is 4.77. The Kier molecular flexibility index (Phi) is 6.28. The number of benzene rings is 1. The van der Waals surface area contributed by atoms with Gasteiger partial charge < -0.3 is 15.8 Å². The molecular formula is C14H16Cl2N6O2. The minimum atomic E-state index is -0.441. The predicted molar refractivity (Wildman–Crippen MR) is 94.3 cm³/mol.